The first-order chi connectivity index (χ1) is 9.49. The molecule has 4 nitrogen and oxygen atoms in total. The van der Waals surface area contributed by atoms with Gasteiger partial charge in [-0.2, -0.15) is 0 Å². The fourth-order valence-corrected chi connectivity index (χ4v) is 3.16. The lowest BCUT2D eigenvalue weighted by molar-refractivity contribution is -0.120. The van der Waals surface area contributed by atoms with Gasteiger partial charge in [0.2, 0.25) is 5.91 Å². The zero-order chi connectivity index (χ0) is 15.0. The number of nitrogens with one attached hydrogen (secondary N) is 1. The van der Waals surface area contributed by atoms with Crippen molar-refractivity contribution in [2.24, 2.45) is 5.92 Å². The number of sulfone groups is 1. The Morgan fingerprint density at radius 1 is 1.15 bits per heavy atom. The molecule has 0 saturated carbocycles. The van der Waals surface area contributed by atoms with E-state index >= 15 is 0 Å². The summed E-state index contributed by atoms with van der Waals surface area (Å²) in [5.74, 6) is 0.118. The Morgan fingerprint density at radius 2 is 1.75 bits per heavy atom. The van der Waals surface area contributed by atoms with Gasteiger partial charge < -0.3 is 5.32 Å². The van der Waals surface area contributed by atoms with Crippen LogP contribution >= 0.6 is 0 Å². The van der Waals surface area contributed by atoms with Gasteiger partial charge in [0.15, 0.2) is 9.84 Å². The number of carbonyl (C=O) groups is 1. The van der Waals surface area contributed by atoms with E-state index in [0.29, 0.717) is 12.5 Å². The van der Waals surface area contributed by atoms with Crippen molar-refractivity contribution >= 4 is 15.7 Å². The molecule has 112 valence electrons. The molecule has 0 aliphatic rings. The summed E-state index contributed by atoms with van der Waals surface area (Å²) in [5.41, 5.74) is 0. The summed E-state index contributed by atoms with van der Waals surface area (Å²) in [6.07, 6.45) is 2.04. The molecule has 1 N–H and O–H groups in total. The van der Waals surface area contributed by atoms with Gasteiger partial charge in [-0.1, -0.05) is 44.9 Å². The molecule has 0 bridgehead atoms. The monoisotopic (exact) mass is 297 g/mol. The van der Waals surface area contributed by atoms with Crippen molar-refractivity contribution in [2.75, 3.05) is 12.3 Å². The first kappa shape index (κ1) is 16.7. The molecule has 1 amide bonds. The Balaban J connectivity index is 2.45. The Kier molecular flexibility index (Phi) is 6.71. The molecule has 0 aliphatic carbocycles. The first-order valence-electron chi connectivity index (χ1n) is 7.04. The number of rotatable bonds is 8. The summed E-state index contributed by atoms with van der Waals surface area (Å²) in [6, 6.07) is 8.23. The predicted octanol–water partition coefficient (Wildman–Crippen LogP) is 2.40. The summed E-state index contributed by atoms with van der Waals surface area (Å²) in [4.78, 5) is 12.0. The van der Waals surface area contributed by atoms with E-state index in [-0.39, 0.29) is 23.0 Å². The van der Waals surface area contributed by atoms with Crippen molar-refractivity contribution in [1.82, 2.24) is 5.32 Å². The SMILES string of the molecule is CCC(CC)CNC(=O)CCS(=O)(=O)c1ccccc1. The normalized spacial score (nSPS) is 11.6. The molecule has 0 radical (unpaired) electrons. The summed E-state index contributed by atoms with van der Waals surface area (Å²) in [6.45, 7) is 4.79. The second-order valence-electron chi connectivity index (χ2n) is 4.87. The topological polar surface area (TPSA) is 63.2 Å². The van der Waals surface area contributed by atoms with Crippen LogP contribution in [0.15, 0.2) is 35.2 Å². The third-order valence-corrected chi connectivity index (χ3v) is 5.17. The van der Waals surface area contributed by atoms with Gasteiger partial charge in [0.05, 0.1) is 10.6 Å². The summed E-state index contributed by atoms with van der Waals surface area (Å²) in [7, 11) is -3.37. The van der Waals surface area contributed by atoms with Crippen molar-refractivity contribution in [3.05, 3.63) is 30.3 Å². The van der Waals surface area contributed by atoms with Gasteiger partial charge in [-0.05, 0) is 18.1 Å². The maximum Gasteiger partial charge on any atom is 0.221 e. The molecule has 0 atom stereocenters. The maximum atomic E-state index is 12.0. The molecule has 20 heavy (non-hydrogen) atoms. The van der Waals surface area contributed by atoms with Crippen LogP contribution < -0.4 is 5.32 Å². The molecule has 1 aromatic rings. The molecule has 0 aromatic heterocycles. The molecule has 1 aromatic carbocycles. The van der Waals surface area contributed by atoms with Crippen molar-refractivity contribution < 1.29 is 13.2 Å². The maximum absolute atomic E-state index is 12.0. The number of carbonyl (C=O) groups excluding carboxylic acids is 1. The lowest BCUT2D eigenvalue weighted by Gasteiger charge is -2.13. The van der Waals surface area contributed by atoms with Gasteiger partial charge in [-0.15, -0.1) is 0 Å². The molecule has 0 fully saturated rings. The van der Waals surface area contributed by atoms with Crippen molar-refractivity contribution in [3.63, 3.8) is 0 Å². The molecule has 0 aliphatic heterocycles. The molecule has 1 rings (SSSR count). The van der Waals surface area contributed by atoms with Crippen LogP contribution in [0.3, 0.4) is 0 Å². The standard InChI is InChI=1S/C15H23NO3S/c1-3-13(4-2)12-16-15(17)10-11-20(18,19)14-8-6-5-7-9-14/h5-9,13H,3-4,10-12H2,1-2H3,(H,16,17). The highest BCUT2D eigenvalue weighted by molar-refractivity contribution is 7.91. The minimum Gasteiger partial charge on any atom is -0.356 e. The van der Waals surface area contributed by atoms with Crippen LogP contribution in [0, 0.1) is 5.92 Å². The number of hydrogen-bond acceptors (Lipinski definition) is 3. The number of amides is 1. The summed E-state index contributed by atoms with van der Waals surface area (Å²) in [5, 5.41) is 2.81. The molecular weight excluding hydrogens is 274 g/mol. The molecule has 0 spiro atoms. The fraction of sp³-hybridized carbons (Fsp3) is 0.533. The van der Waals surface area contributed by atoms with Crippen LogP contribution in [0.1, 0.15) is 33.1 Å². The van der Waals surface area contributed by atoms with E-state index in [9.17, 15) is 13.2 Å². The fourth-order valence-electron chi connectivity index (χ4n) is 1.90. The minimum absolute atomic E-state index is 0.0113. The van der Waals surface area contributed by atoms with E-state index in [2.05, 4.69) is 19.2 Å². The minimum atomic E-state index is -3.37. The lowest BCUT2D eigenvalue weighted by Crippen LogP contribution is -2.30. The van der Waals surface area contributed by atoms with Crippen LogP contribution in [0.25, 0.3) is 0 Å². The molecule has 0 heterocycles. The van der Waals surface area contributed by atoms with Crippen LogP contribution in [0.4, 0.5) is 0 Å². The summed E-state index contributed by atoms with van der Waals surface area (Å²) < 4.78 is 24.0. The second kappa shape index (κ2) is 8.04. The third-order valence-electron chi connectivity index (χ3n) is 3.44. The van der Waals surface area contributed by atoms with E-state index in [0.717, 1.165) is 12.8 Å². The van der Waals surface area contributed by atoms with Gasteiger partial charge in [0, 0.05) is 13.0 Å². The largest absolute Gasteiger partial charge is 0.356 e. The van der Waals surface area contributed by atoms with Crippen molar-refractivity contribution in [1.29, 1.82) is 0 Å². The zero-order valence-corrected chi connectivity index (χ0v) is 12.9. The Bertz CT molecular complexity index is 507. The van der Waals surface area contributed by atoms with E-state index in [1.807, 2.05) is 0 Å². The number of benzene rings is 1. The van der Waals surface area contributed by atoms with Crippen molar-refractivity contribution in [3.8, 4) is 0 Å². The van der Waals surface area contributed by atoms with Crippen LogP contribution in [0.2, 0.25) is 0 Å². The molecular formula is C15H23NO3S. The van der Waals surface area contributed by atoms with Crippen LogP contribution in [-0.4, -0.2) is 26.6 Å². The molecule has 0 unspecified atom stereocenters. The Labute approximate surface area is 121 Å². The van der Waals surface area contributed by atoms with E-state index in [4.69, 9.17) is 0 Å². The van der Waals surface area contributed by atoms with Gasteiger partial charge in [-0.3, -0.25) is 4.79 Å². The Hall–Kier alpha value is -1.36. The van der Waals surface area contributed by atoms with Gasteiger partial charge in [-0.25, -0.2) is 8.42 Å². The number of hydrogen-bond donors (Lipinski definition) is 1. The van der Waals surface area contributed by atoms with Gasteiger partial charge >= 0.3 is 0 Å². The van der Waals surface area contributed by atoms with E-state index < -0.39 is 9.84 Å². The highest BCUT2D eigenvalue weighted by atomic mass is 32.2. The van der Waals surface area contributed by atoms with Gasteiger partial charge in [0.25, 0.3) is 0 Å². The van der Waals surface area contributed by atoms with Gasteiger partial charge in [0.1, 0.15) is 0 Å². The highest BCUT2D eigenvalue weighted by Gasteiger charge is 2.16. The predicted molar refractivity (Wildman–Crippen MR) is 80.2 cm³/mol. The summed E-state index contributed by atoms with van der Waals surface area (Å²) >= 11 is 0. The average Bonchev–Trinajstić information content (AvgIpc) is 2.47. The molecule has 5 heteroatoms. The third kappa shape index (κ3) is 5.33. The lowest BCUT2D eigenvalue weighted by atomic mass is 10.0. The highest BCUT2D eigenvalue weighted by Crippen LogP contribution is 2.11. The molecule has 0 saturated heterocycles. The smallest absolute Gasteiger partial charge is 0.221 e. The van der Waals surface area contributed by atoms with Crippen molar-refractivity contribution in [2.45, 2.75) is 38.0 Å². The first-order valence-corrected chi connectivity index (χ1v) is 8.69. The van der Waals surface area contributed by atoms with Crippen LogP contribution in [0.5, 0.6) is 0 Å². The van der Waals surface area contributed by atoms with E-state index in [1.165, 1.54) is 0 Å². The van der Waals surface area contributed by atoms with Crippen LogP contribution in [-0.2, 0) is 14.6 Å². The zero-order valence-electron chi connectivity index (χ0n) is 12.1. The van der Waals surface area contributed by atoms with E-state index in [1.54, 1.807) is 30.3 Å². The quantitative estimate of drug-likeness (QED) is 0.801. The second-order valence-corrected chi connectivity index (χ2v) is 6.98. The average molecular weight is 297 g/mol. The Morgan fingerprint density at radius 3 is 2.30 bits per heavy atom.